The molecule has 10 heteroatoms. The van der Waals surface area contributed by atoms with Gasteiger partial charge < -0.3 is 14.8 Å². The number of hydrogen-bond acceptors (Lipinski definition) is 5. The number of pyridine rings is 1. The normalized spacial score (nSPS) is 20.6. The molecule has 2 aliphatic heterocycles. The van der Waals surface area contributed by atoms with Gasteiger partial charge in [-0.1, -0.05) is 6.07 Å². The molecule has 1 aromatic carbocycles. The van der Waals surface area contributed by atoms with E-state index in [0.29, 0.717) is 5.56 Å². The van der Waals surface area contributed by atoms with Crippen LogP contribution in [0.2, 0.25) is 0 Å². The fraction of sp³-hybridized carbons (Fsp3) is 0.316. The van der Waals surface area contributed by atoms with Gasteiger partial charge in [-0.05, 0) is 43.2 Å². The lowest BCUT2D eigenvalue weighted by molar-refractivity contribution is -0.219. The Kier molecular flexibility index (Phi) is 4.26. The van der Waals surface area contributed by atoms with Crippen molar-refractivity contribution in [3.05, 3.63) is 47.7 Å². The van der Waals surface area contributed by atoms with E-state index in [1.165, 1.54) is 36.5 Å². The second-order valence-corrected chi connectivity index (χ2v) is 7.25. The predicted molar refractivity (Wildman–Crippen MR) is 94.4 cm³/mol. The molecule has 0 bridgehead atoms. The monoisotopic (exact) mass is 407 g/mol. The number of ether oxygens (including phenoxy) is 2. The number of carbonyl (C=O) groups is 2. The van der Waals surface area contributed by atoms with Crippen LogP contribution in [0, 0.1) is 0 Å². The summed E-state index contributed by atoms with van der Waals surface area (Å²) >= 11 is 0. The van der Waals surface area contributed by atoms with Crippen molar-refractivity contribution in [3.8, 4) is 11.6 Å². The van der Waals surface area contributed by atoms with Gasteiger partial charge in [-0.3, -0.25) is 4.79 Å². The number of alkyl halides is 3. The average Bonchev–Trinajstić information content (AvgIpc) is 3.14. The van der Waals surface area contributed by atoms with Gasteiger partial charge in [-0.15, -0.1) is 0 Å². The number of carbonyl (C=O) groups excluding carboxylic acids is 2. The summed E-state index contributed by atoms with van der Waals surface area (Å²) in [4.78, 5) is 29.4. The Balaban J connectivity index is 1.53. The number of aromatic nitrogens is 1. The number of urea groups is 1. The first-order valence-electron chi connectivity index (χ1n) is 8.68. The minimum Gasteiger partial charge on any atom is -0.439 e. The van der Waals surface area contributed by atoms with E-state index in [0.717, 1.165) is 4.90 Å². The van der Waals surface area contributed by atoms with E-state index in [-0.39, 0.29) is 29.5 Å². The van der Waals surface area contributed by atoms with Crippen molar-refractivity contribution in [2.24, 2.45) is 0 Å². The van der Waals surface area contributed by atoms with Crippen LogP contribution < -0.4 is 15.0 Å². The molecule has 4 rings (SSSR count). The molecule has 2 aromatic rings. The summed E-state index contributed by atoms with van der Waals surface area (Å²) in [6, 6.07) is 6.64. The predicted octanol–water partition coefficient (Wildman–Crippen LogP) is 3.84. The molecule has 1 saturated heterocycles. The molecule has 0 aliphatic carbocycles. The minimum absolute atomic E-state index is 0.00758. The molecule has 3 heterocycles. The van der Waals surface area contributed by atoms with Crippen LogP contribution in [0.1, 0.15) is 31.1 Å². The second kappa shape index (κ2) is 6.45. The van der Waals surface area contributed by atoms with Crippen molar-refractivity contribution >= 4 is 17.6 Å². The number of hydrogen-bond donors (Lipinski definition) is 1. The first-order valence-corrected chi connectivity index (χ1v) is 8.68. The Bertz CT molecular complexity index is 989. The molecule has 1 fully saturated rings. The number of amides is 3. The number of rotatable bonds is 3. The summed E-state index contributed by atoms with van der Waals surface area (Å²) in [5.41, 5.74) is -0.310. The van der Waals surface area contributed by atoms with Gasteiger partial charge in [0.2, 0.25) is 5.88 Å². The number of anilines is 1. The molecular formula is C19H16F3N3O4. The Morgan fingerprint density at radius 1 is 1.24 bits per heavy atom. The zero-order valence-corrected chi connectivity index (χ0v) is 15.4. The van der Waals surface area contributed by atoms with Crippen molar-refractivity contribution < 1.29 is 32.2 Å². The van der Waals surface area contributed by atoms with E-state index in [2.05, 4.69) is 10.3 Å². The highest BCUT2D eigenvalue weighted by Gasteiger charge is 2.46. The van der Waals surface area contributed by atoms with E-state index in [1.54, 1.807) is 13.8 Å². The van der Waals surface area contributed by atoms with E-state index in [9.17, 15) is 22.8 Å². The van der Waals surface area contributed by atoms with Crippen molar-refractivity contribution in [2.75, 3.05) is 4.90 Å². The Morgan fingerprint density at radius 3 is 2.59 bits per heavy atom. The third-order valence-electron chi connectivity index (χ3n) is 4.66. The van der Waals surface area contributed by atoms with Gasteiger partial charge in [0, 0.05) is 6.07 Å². The molecule has 0 unspecified atom stereocenters. The van der Waals surface area contributed by atoms with E-state index in [1.807, 2.05) is 0 Å². The summed E-state index contributed by atoms with van der Waals surface area (Å²) in [6.45, 7) is 3.06. The maximum atomic E-state index is 13.1. The van der Waals surface area contributed by atoms with Crippen LogP contribution in [0.4, 0.5) is 23.7 Å². The highest BCUT2D eigenvalue weighted by molar-refractivity contribution is 6.22. The number of fused-ring (bicyclic) bond motifs is 1. The van der Waals surface area contributed by atoms with Crippen LogP contribution in [-0.4, -0.2) is 28.6 Å². The molecule has 0 spiro atoms. The smallest absolute Gasteiger partial charge is 0.418 e. The van der Waals surface area contributed by atoms with Crippen LogP contribution >= 0.6 is 0 Å². The van der Waals surface area contributed by atoms with Gasteiger partial charge in [0.25, 0.3) is 5.91 Å². The highest BCUT2D eigenvalue weighted by Crippen LogP contribution is 2.43. The van der Waals surface area contributed by atoms with Crippen molar-refractivity contribution in [3.63, 3.8) is 0 Å². The number of nitrogens with one attached hydrogen (secondary N) is 1. The lowest BCUT2D eigenvalue weighted by atomic mass is 10.0. The highest BCUT2D eigenvalue weighted by atomic mass is 19.4. The molecule has 1 aromatic heterocycles. The minimum atomic E-state index is -4.51. The molecule has 1 atom stereocenters. The van der Waals surface area contributed by atoms with Gasteiger partial charge in [0.1, 0.15) is 11.3 Å². The zero-order chi connectivity index (χ0) is 21.0. The zero-order valence-electron chi connectivity index (χ0n) is 15.4. The fourth-order valence-electron chi connectivity index (χ4n) is 3.21. The van der Waals surface area contributed by atoms with Gasteiger partial charge in [-0.25, -0.2) is 14.7 Å². The van der Waals surface area contributed by atoms with E-state index < -0.39 is 29.8 Å². The summed E-state index contributed by atoms with van der Waals surface area (Å²) in [6.07, 6.45) is -5.22. The van der Waals surface area contributed by atoms with Crippen LogP contribution in [0.15, 0.2) is 36.5 Å². The summed E-state index contributed by atoms with van der Waals surface area (Å²) in [7, 11) is 0. The van der Waals surface area contributed by atoms with Gasteiger partial charge in [0.15, 0.2) is 6.10 Å². The van der Waals surface area contributed by atoms with Gasteiger partial charge in [-0.2, -0.15) is 13.2 Å². The number of halogens is 3. The lowest BCUT2D eigenvalue weighted by Crippen LogP contribution is -2.40. The van der Waals surface area contributed by atoms with Crippen LogP contribution in [0.5, 0.6) is 11.6 Å². The molecule has 3 amide bonds. The number of imide groups is 1. The van der Waals surface area contributed by atoms with E-state index >= 15 is 0 Å². The van der Waals surface area contributed by atoms with Crippen LogP contribution in [0.3, 0.4) is 0 Å². The second-order valence-electron chi connectivity index (χ2n) is 7.25. The molecule has 1 N–H and O–H groups in total. The number of nitrogens with zero attached hydrogens (tertiary/aromatic N) is 2. The van der Waals surface area contributed by atoms with Gasteiger partial charge in [0.05, 0.1) is 18.5 Å². The third-order valence-corrected chi connectivity index (χ3v) is 4.66. The van der Waals surface area contributed by atoms with Crippen LogP contribution in [0.25, 0.3) is 0 Å². The molecule has 7 nitrogen and oxygen atoms in total. The molecule has 0 saturated carbocycles. The SMILES string of the molecule is CC1(C)NC(=O)N(c2ccc(Oc3ccc4c(c3)[C@H](C(F)(F)F)OC4)nc2)C1=O. The first-order chi connectivity index (χ1) is 13.6. The molecule has 0 radical (unpaired) electrons. The molecular weight excluding hydrogens is 391 g/mol. The third kappa shape index (κ3) is 3.39. The first kappa shape index (κ1) is 19.2. The van der Waals surface area contributed by atoms with Gasteiger partial charge >= 0.3 is 12.2 Å². The molecule has 29 heavy (non-hydrogen) atoms. The standard InChI is InChI=1S/C19H16F3N3O4/c1-18(2)16(26)25(17(27)24-18)11-4-6-14(23-8-11)29-12-5-3-10-9-28-15(13(10)7-12)19(20,21)22/h3-8,15H,9H2,1-2H3,(H,24,27)/t15-/m1/s1. The van der Waals surface area contributed by atoms with Crippen molar-refractivity contribution in [1.29, 1.82) is 0 Å². The quantitative estimate of drug-likeness (QED) is 0.782. The number of benzene rings is 1. The molecule has 2 aliphatic rings. The fourth-order valence-corrected chi connectivity index (χ4v) is 3.21. The average molecular weight is 407 g/mol. The Labute approximate surface area is 163 Å². The van der Waals surface area contributed by atoms with Crippen LogP contribution in [-0.2, 0) is 16.1 Å². The maximum absolute atomic E-state index is 13.1. The Hall–Kier alpha value is -3.14. The Morgan fingerprint density at radius 2 is 2.00 bits per heavy atom. The van der Waals surface area contributed by atoms with Crippen molar-refractivity contribution in [1.82, 2.24) is 10.3 Å². The lowest BCUT2D eigenvalue weighted by Gasteiger charge is -2.16. The van der Waals surface area contributed by atoms with Crippen molar-refractivity contribution in [2.45, 2.75) is 38.3 Å². The summed E-state index contributed by atoms with van der Waals surface area (Å²) in [5.74, 6) is -0.155. The largest absolute Gasteiger partial charge is 0.439 e. The topological polar surface area (TPSA) is 80.8 Å². The summed E-state index contributed by atoms with van der Waals surface area (Å²) < 4.78 is 49.6. The summed E-state index contributed by atoms with van der Waals surface area (Å²) in [5, 5.41) is 2.56. The molecule has 152 valence electrons. The maximum Gasteiger partial charge on any atom is 0.418 e. The van der Waals surface area contributed by atoms with E-state index in [4.69, 9.17) is 9.47 Å².